The number of fused-ring (bicyclic) bond motifs is 1. The summed E-state index contributed by atoms with van der Waals surface area (Å²) in [5.41, 5.74) is 0.771. The zero-order valence-electron chi connectivity index (χ0n) is 10.2. The lowest BCUT2D eigenvalue weighted by molar-refractivity contribution is 0.911. The van der Waals surface area contributed by atoms with E-state index in [1.165, 1.54) is 11.5 Å². The van der Waals surface area contributed by atoms with Crippen LogP contribution >= 0.6 is 23.1 Å². The Morgan fingerprint density at radius 2 is 2.26 bits per heavy atom. The van der Waals surface area contributed by atoms with Crippen molar-refractivity contribution in [1.82, 2.24) is 24.0 Å². The number of hydrogen-bond donors (Lipinski definition) is 1. The average Bonchev–Trinajstić information content (AvgIpc) is 3.02. The summed E-state index contributed by atoms with van der Waals surface area (Å²) in [4.78, 5) is 4.34. The van der Waals surface area contributed by atoms with Crippen LogP contribution in [0.3, 0.4) is 0 Å². The Bertz CT molecular complexity index is 706. The molecule has 0 aliphatic heterocycles. The van der Waals surface area contributed by atoms with Crippen LogP contribution in [0.5, 0.6) is 0 Å². The molecule has 3 aromatic rings. The number of anilines is 1. The Morgan fingerprint density at radius 3 is 3.05 bits per heavy atom. The van der Waals surface area contributed by atoms with Crippen LogP contribution in [0.15, 0.2) is 18.3 Å². The maximum absolute atomic E-state index is 5.97. The van der Waals surface area contributed by atoms with Crippen LogP contribution in [-0.4, -0.2) is 24.0 Å². The number of hydrogen-bond acceptors (Lipinski definition) is 6. The van der Waals surface area contributed by atoms with Gasteiger partial charge >= 0.3 is 0 Å². The first-order valence-corrected chi connectivity index (χ1v) is 6.97. The molecule has 0 amide bonds. The minimum atomic E-state index is 0.528. The van der Waals surface area contributed by atoms with Gasteiger partial charge in [-0.25, -0.2) is 4.98 Å². The van der Waals surface area contributed by atoms with E-state index in [2.05, 4.69) is 24.9 Å². The van der Waals surface area contributed by atoms with Crippen molar-refractivity contribution in [1.29, 1.82) is 0 Å². The number of nitrogens with zero attached hydrogens (tertiary/aromatic N) is 5. The van der Waals surface area contributed by atoms with E-state index in [0.717, 1.165) is 28.8 Å². The molecule has 3 aromatic heterocycles. The van der Waals surface area contributed by atoms with Crippen LogP contribution in [0.25, 0.3) is 5.65 Å². The van der Waals surface area contributed by atoms with Crippen molar-refractivity contribution in [2.45, 2.75) is 19.9 Å². The highest BCUT2D eigenvalue weighted by Crippen LogP contribution is 2.14. The van der Waals surface area contributed by atoms with Gasteiger partial charge in [-0.2, -0.15) is 4.37 Å². The highest BCUT2D eigenvalue weighted by Gasteiger charge is 2.07. The lowest BCUT2D eigenvalue weighted by atomic mass is 10.4. The predicted molar refractivity (Wildman–Crippen MR) is 74.6 cm³/mol. The second-order valence-corrected chi connectivity index (χ2v) is 5.10. The Balaban J connectivity index is 1.79. The maximum Gasteiger partial charge on any atom is 0.202 e. The zero-order valence-corrected chi connectivity index (χ0v) is 11.7. The third kappa shape index (κ3) is 2.52. The first-order chi connectivity index (χ1) is 9.26. The van der Waals surface area contributed by atoms with Gasteiger partial charge in [-0.1, -0.05) is 18.5 Å². The van der Waals surface area contributed by atoms with Crippen molar-refractivity contribution >= 4 is 33.9 Å². The molecule has 0 bridgehead atoms. The fraction of sp³-hybridized carbons (Fsp3) is 0.273. The Hall–Kier alpha value is -1.73. The molecule has 6 nitrogen and oxygen atoms in total. The molecular weight excluding hydrogens is 284 g/mol. The smallest absolute Gasteiger partial charge is 0.202 e. The molecule has 0 aromatic carbocycles. The van der Waals surface area contributed by atoms with E-state index < -0.39 is 0 Å². The van der Waals surface area contributed by atoms with Gasteiger partial charge in [-0.3, -0.25) is 4.40 Å². The lowest BCUT2D eigenvalue weighted by Crippen LogP contribution is -2.04. The monoisotopic (exact) mass is 294 g/mol. The summed E-state index contributed by atoms with van der Waals surface area (Å²) >= 11 is 7.32. The van der Waals surface area contributed by atoms with Gasteiger partial charge in [0.15, 0.2) is 11.5 Å². The molecule has 0 saturated carbocycles. The number of nitrogens with one attached hydrogen (secondary N) is 1. The van der Waals surface area contributed by atoms with Gasteiger partial charge in [0.2, 0.25) is 5.13 Å². The molecule has 0 fully saturated rings. The Morgan fingerprint density at radius 1 is 1.37 bits per heavy atom. The summed E-state index contributed by atoms with van der Waals surface area (Å²) in [6.45, 7) is 2.56. The van der Waals surface area contributed by atoms with Crippen LogP contribution in [0.4, 0.5) is 5.13 Å². The summed E-state index contributed by atoms with van der Waals surface area (Å²) in [6, 6.07) is 3.63. The van der Waals surface area contributed by atoms with Crippen molar-refractivity contribution in [3.8, 4) is 0 Å². The van der Waals surface area contributed by atoms with Gasteiger partial charge in [0.05, 0.1) is 11.6 Å². The average molecular weight is 295 g/mol. The molecule has 0 saturated heterocycles. The molecule has 0 radical (unpaired) electrons. The van der Waals surface area contributed by atoms with Crippen LogP contribution in [0, 0.1) is 0 Å². The van der Waals surface area contributed by atoms with Gasteiger partial charge in [0.1, 0.15) is 5.82 Å². The molecule has 1 N–H and O–H groups in total. The summed E-state index contributed by atoms with van der Waals surface area (Å²) in [7, 11) is 0. The van der Waals surface area contributed by atoms with Crippen LogP contribution in [-0.2, 0) is 13.0 Å². The van der Waals surface area contributed by atoms with Gasteiger partial charge < -0.3 is 5.32 Å². The van der Waals surface area contributed by atoms with Crippen LogP contribution in [0.2, 0.25) is 5.02 Å². The second kappa shape index (κ2) is 5.10. The predicted octanol–water partition coefficient (Wildman–Crippen LogP) is 2.41. The van der Waals surface area contributed by atoms with E-state index in [1.54, 1.807) is 12.3 Å². The SMILES string of the molecule is CCc1nsc(NCc2nnc3ccc(Cl)cn23)n1. The minimum Gasteiger partial charge on any atom is -0.353 e. The van der Waals surface area contributed by atoms with Crippen molar-refractivity contribution in [2.75, 3.05) is 5.32 Å². The summed E-state index contributed by atoms with van der Waals surface area (Å²) in [5.74, 6) is 1.63. The van der Waals surface area contributed by atoms with Crippen molar-refractivity contribution in [3.63, 3.8) is 0 Å². The molecule has 98 valence electrons. The van der Waals surface area contributed by atoms with Crippen molar-refractivity contribution in [3.05, 3.63) is 35.0 Å². The van der Waals surface area contributed by atoms with Crippen molar-refractivity contribution < 1.29 is 0 Å². The topological polar surface area (TPSA) is 68.0 Å². The summed E-state index contributed by atoms with van der Waals surface area (Å²) in [6.07, 6.45) is 2.63. The Kier molecular flexibility index (Phi) is 3.31. The van der Waals surface area contributed by atoms with Crippen LogP contribution in [0.1, 0.15) is 18.6 Å². The molecule has 0 unspecified atom stereocenters. The van der Waals surface area contributed by atoms with E-state index in [1.807, 2.05) is 17.4 Å². The quantitative estimate of drug-likeness (QED) is 0.800. The third-order valence-electron chi connectivity index (χ3n) is 2.62. The first-order valence-electron chi connectivity index (χ1n) is 5.82. The Labute approximate surface area is 118 Å². The second-order valence-electron chi connectivity index (χ2n) is 3.91. The zero-order chi connectivity index (χ0) is 13.2. The molecular formula is C11H11ClN6S. The van der Waals surface area contributed by atoms with Crippen molar-refractivity contribution in [2.24, 2.45) is 0 Å². The van der Waals surface area contributed by atoms with Gasteiger partial charge in [-0.05, 0) is 12.1 Å². The largest absolute Gasteiger partial charge is 0.353 e. The molecule has 0 aliphatic carbocycles. The number of aromatic nitrogens is 5. The number of aryl methyl sites for hydroxylation is 1. The fourth-order valence-electron chi connectivity index (χ4n) is 1.66. The highest BCUT2D eigenvalue weighted by atomic mass is 35.5. The third-order valence-corrected chi connectivity index (χ3v) is 3.55. The standard InChI is InChI=1S/C11H11ClN6S/c1-2-8-14-11(19-17-8)13-5-10-16-15-9-4-3-7(12)6-18(9)10/h3-4,6H,2,5H2,1H3,(H,13,14,17). The van der Waals surface area contributed by atoms with Gasteiger partial charge in [-0.15, -0.1) is 10.2 Å². The summed E-state index contributed by atoms with van der Waals surface area (Å²) in [5, 5.41) is 12.8. The molecule has 19 heavy (non-hydrogen) atoms. The summed E-state index contributed by atoms with van der Waals surface area (Å²) < 4.78 is 6.07. The van der Waals surface area contributed by atoms with E-state index >= 15 is 0 Å². The number of halogens is 1. The van der Waals surface area contributed by atoms with E-state index in [9.17, 15) is 0 Å². The molecule has 0 spiro atoms. The molecule has 3 rings (SSSR count). The molecule has 0 atom stereocenters. The van der Waals surface area contributed by atoms with Crippen LogP contribution < -0.4 is 5.32 Å². The van der Waals surface area contributed by atoms with Gasteiger partial charge in [0, 0.05) is 24.2 Å². The first kappa shape index (κ1) is 12.3. The number of rotatable bonds is 4. The maximum atomic E-state index is 5.97. The van der Waals surface area contributed by atoms with Gasteiger partial charge in [0.25, 0.3) is 0 Å². The molecule has 3 heterocycles. The minimum absolute atomic E-state index is 0.528. The highest BCUT2D eigenvalue weighted by molar-refractivity contribution is 7.09. The van der Waals surface area contributed by atoms with E-state index in [0.29, 0.717) is 11.6 Å². The normalized spacial score (nSPS) is 11.1. The lowest BCUT2D eigenvalue weighted by Gasteiger charge is -2.01. The molecule has 0 aliphatic rings. The van der Waals surface area contributed by atoms with E-state index in [-0.39, 0.29) is 0 Å². The van der Waals surface area contributed by atoms with E-state index in [4.69, 9.17) is 11.6 Å². The molecule has 8 heteroatoms. The number of pyridine rings is 1. The fourth-order valence-corrected chi connectivity index (χ4v) is 2.46.